The zero-order chi connectivity index (χ0) is 16.1. The topological polar surface area (TPSA) is 49.8 Å². The van der Waals surface area contributed by atoms with E-state index in [4.69, 9.17) is 4.74 Å². The van der Waals surface area contributed by atoms with Crippen LogP contribution in [0.2, 0.25) is 0 Å². The summed E-state index contributed by atoms with van der Waals surface area (Å²) in [5, 5.41) is 9.49. The fraction of sp³-hybridized carbons (Fsp3) is 0.526. The van der Waals surface area contributed by atoms with Crippen LogP contribution in [0.4, 0.5) is 0 Å². The maximum Gasteiger partial charge on any atom is 0.246 e. The fourth-order valence-electron chi connectivity index (χ4n) is 3.25. The Morgan fingerprint density at radius 2 is 1.91 bits per heavy atom. The average molecular weight is 315 g/mol. The van der Waals surface area contributed by atoms with Gasteiger partial charge in [0.15, 0.2) is 0 Å². The van der Waals surface area contributed by atoms with Crippen molar-refractivity contribution in [1.82, 2.24) is 4.90 Å². The van der Waals surface area contributed by atoms with E-state index in [0.29, 0.717) is 32.0 Å². The highest BCUT2D eigenvalue weighted by Crippen LogP contribution is 2.24. The molecule has 1 amide bonds. The minimum Gasteiger partial charge on any atom is -0.490 e. The summed E-state index contributed by atoms with van der Waals surface area (Å²) in [6.07, 6.45) is 9.67. The molecule has 1 N–H and O–H groups in total. The molecule has 1 heterocycles. The minimum absolute atomic E-state index is 0.0130. The normalized spacial score (nSPS) is 20.3. The fourth-order valence-corrected chi connectivity index (χ4v) is 3.25. The number of carbonyl (C=O) groups is 1. The number of piperidine rings is 1. The van der Waals surface area contributed by atoms with Crippen molar-refractivity contribution in [3.63, 3.8) is 0 Å². The van der Waals surface area contributed by atoms with Gasteiger partial charge >= 0.3 is 0 Å². The molecule has 1 saturated carbocycles. The molecule has 0 spiro atoms. The van der Waals surface area contributed by atoms with Crippen molar-refractivity contribution in [2.45, 2.75) is 50.7 Å². The molecule has 23 heavy (non-hydrogen) atoms. The number of nitrogens with zero attached hydrogens (tertiary/aromatic N) is 1. The lowest BCUT2D eigenvalue weighted by molar-refractivity contribution is -0.127. The van der Waals surface area contributed by atoms with E-state index in [1.807, 2.05) is 30.3 Å². The average Bonchev–Trinajstić information content (AvgIpc) is 3.07. The Morgan fingerprint density at radius 3 is 2.65 bits per heavy atom. The summed E-state index contributed by atoms with van der Waals surface area (Å²) in [6.45, 7) is 1.27. The highest BCUT2D eigenvalue weighted by atomic mass is 16.5. The Morgan fingerprint density at radius 1 is 1.17 bits per heavy atom. The standard InChI is InChI=1S/C19H25NO3/c21-16-10-12-20(13-11-16)19(22)9-8-15-4-3-7-18(14-15)23-17-5-1-2-6-17/h3-4,7-9,14,16-17,21H,1-2,5-6,10-13H2. The zero-order valence-electron chi connectivity index (χ0n) is 13.5. The summed E-state index contributed by atoms with van der Waals surface area (Å²) in [7, 11) is 0. The van der Waals surface area contributed by atoms with Gasteiger partial charge in [0.1, 0.15) is 5.75 Å². The van der Waals surface area contributed by atoms with E-state index < -0.39 is 0 Å². The highest BCUT2D eigenvalue weighted by molar-refractivity contribution is 5.91. The highest BCUT2D eigenvalue weighted by Gasteiger charge is 2.19. The molecule has 1 aliphatic carbocycles. The number of rotatable bonds is 4. The van der Waals surface area contributed by atoms with Gasteiger partial charge in [0.2, 0.25) is 5.91 Å². The first kappa shape index (κ1) is 16.1. The van der Waals surface area contributed by atoms with E-state index >= 15 is 0 Å². The second-order valence-corrected chi connectivity index (χ2v) is 6.49. The lowest BCUT2D eigenvalue weighted by Crippen LogP contribution is -2.39. The van der Waals surface area contributed by atoms with Gasteiger partial charge in [-0.15, -0.1) is 0 Å². The molecule has 124 valence electrons. The predicted octanol–water partition coefficient (Wildman–Crippen LogP) is 3.00. The van der Waals surface area contributed by atoms with E-state index in [2.05, 4.69) is 0 Å². The molecule has 2 fully saturated rings. The SMILES string of the molecule is O=C(C=Cc1cccc(OC2CCCC2)c1)N1CCC(O)CC1. The van der Waals surface area contributed by atoms with Gasteiger partial charge in [-0.3, -0.25) is 4.79 Å². The Labute approximate surface area is 137 Å². The van der Waals surface area contributed by atoms with Crippen molar-refractivity contribution >= 4 is 12.0 Å². The van der Waals surface area contributed by atoms with Gasteiger partial charge in [0.05, 0.1) is 12.2 Å². The van der Waals surface area contributed by atoms with Crippen LogP contribution in [0.3, 0.4) is 0 Å². The van der Waals surface area contributed by atoms with Crippen LogP contribution in [0.5, 0.6) is 5.75 Å². The van der Waals surface area contributed by atoms with E-state index in [1.54, 1.807) is 11.0 Å². The number of carbonyl (C=O) groups excluding carboxylic acids is 1. The van der Waals surface area contributed by atoms with Crippen LogP contribution in [-0.2, 0) is 4.79 Å². The van der Waals surface area contributed by atoms with Crippen LogP contribution in [0.25, 0.3) is 6.08 Å². The maximum absolute atomic E-state index is 12.2. The molecule has 3 rings (SSSR count). The van der Waals surface area contributed by atoms with Gasteiger partial charge in [-0.25, -0.2) is 0 Å². The van der Waals surface area contributed by atoms with Gasteiger partial charge in [-0.05, 0) is 62.3 Å². The van der Waals surface area contributed by atoms with Crippen molar-refractivity contribution < 1.29 is 14.6 Å². The molecule has 1 saturated heterocycles. The van der Waals surface area contributed by atoms with E-state index in [9.17, 15) is 9.90 Å². The van der Waals surface area contributed by atoms with Crippen LogP contribution < -0.4 is 4.74 Å². The van der Waals surface area contributed by atoms with Gasteiger partial charge in [0, 0.05) is 19.2 Å². The quantitative estimate of drug-likeness (QED) is 0.869. The van der Waals surface area contributed by atoms with Crippen LogP contribution in [0.15, 0.2) is 30.3 Å². The molecule has 0 aromatic heterocycles. The number of benzene rings is 1. The number of aliphatic hydroxyl groups excluding tert-OH is 1. The molecule has 1 aromatic rings. The second-order valence-electron chi connectivity index (χ2n) is 6.49. The molecule has 0 radical (unpaired) electrons. The summed E-state index contributed by atoms with van der Waals surface area (Å²) in [5.74, 6) is 0.895. The summed E-state index contributed by atoms with van der Waals surface area (Å²) < 4.78 is 5.99. The molecule has 4 nitrogen and oxygen atoms in total. The van der Waals surface area contributed by atoms with Crippen LogP contribution in [0.1, 0.15) is 44.1 Å². The van der Waals surface area contributed by atoms with Gasteiger partial charge in [-0.2, -0.15) is 0 Å². The summed E-state index contributed by atoms with van der Waals surface area (Å²) in [4.78, 5) is 14.0. The number of hydrogen-bond acceptors (Lipinski definition) is 3. The van der Waals surface area contributed by atoms with Crippen LogP contribution in [-0.4, -0.2) is 41.2 Å². The lowest BCUT2D eigenvalue weighted by Gasteiger charge is -2.28. The number of amides is 1. The zero-order valence-corrected chi connectivity index (χ0v) is 13.5. The molecule has 4 heteroatoms. The lowest BCUT2D eigenvalue weighted by atomic mass is 10.1. The number of aliphatic hydroxyl groups is 1. The predicted molar refractivity (Wildman–Crippen MR) is 90.2 cm³/mol. The molecular formula is C19H25NO3. The molecule has 2 aliphatic rings. The first-order chi connectivity index (χ1) is 11.2. The third kappa shape index (κ3) is 4.58. The maximum atomic E-state index is 12.2. The minimum atomic E-state index is -0.257. The first-order valence-corrected chi connectivity index (χ1v) is 8.62. The van der Waals surface area contributed by atoms with E-state index in [0.717, 1.165) is 24.2 Å². The summed E-state index contributed by atoms with van der Waals surface area (Å²) >= 11 is 0. The molecule has 0 unspecified atom stereocenters. The van der Waals surface area contributed by atoms with E-state index in [1.165, 1.54) is 12.8 Å². The monoisotopic (exact) mass is 315 g/mol. The van der Waals surface area contributed by atoms with Crippen molar-refractivity contribution in [1.29, 1.82) is 0 Å². The molecule has 1 aromatic carbocycles. The van der Waals surface area contributed by atoms with Gasteiger partial charge in [-0.1, -0.05) is 12.1 Å². The molecule has 0 bridgehead atoms. The van der Waals surface area contributed by atoms with Crippen LogP contribution in [0, 0.1) is 0 Å². The summed E-state index contributed by atoms with van der Waals surface area (Å²) in [5.41, 5.74) is 0.978. The van der Waals surface area contributed by atoms with Gasteiger partial charge < -0.3 is 14.7 Å². The Hall–Kier alpha value is -1.81. The molecular weight excluding hydrogens is 290 g/mol. The Kier molecular flexibility index (Phi) is 5.34. The third-order valence-corrected chi connectivity index (χ3v) is 4.66. The first-order valence-electron chi connectivity index (χ1n) is 8.62. The summed E-state index contributed by atoms with van der Waals surface area (Å²) in [6, 6.07) is 7.91. The Balaban J connectivity index is 1.57. The van der Waals surface area contributed by atoms with Gasteiger partial charge in [0.25, 0.3) is 0 Å². The molecule has 0 atom stereocenters. The Bertz CT molecular complexity index is 555. The third-order valence-electron chi connectivity index (χ3n) is 4.66. The van der Waals surface area contributed by atoms with Crippen molar-refractivity contribution in [3.8, 4) is 5.75 Å². The van der Waals surface area contributed by atoms with Crippen molar-refractivity contribution in [3.05, 3.63) is 35.9 Å². The smallest absolute Gasteiger partial charge is 0.246 e. The largest absolute Gasteiger partial charge is 0.490 e. The number of ether oxygens (including phenoxy) is 1. The van der Waals surface area contributed by atoms with Crippen molar-refractivity contribution in [2.75, 3.05) is 13.1 Å². The molecule has 1 aliphatic heterocycles. The van der Waals surface area contributed by atoms with E-state index in [-0.39, 0.29) is 12.0 Å². The number of likely N-dealkylation sites (tertiary alicyclic amines) is 1. The second kappa shape index (κ2) is 7.64. The van der Waals surface area contributed by atoms with Crippen molar-refractivity contribution in [2.24, 2.45) is 0 Å². The number of hydrogen-bond donors (Lipinski definition) is 1. The van der Waals surface area contributed by atoms with Crippen LogP contribution >= 0.6 is 0 Å².